The van der Waals surface area contributed by atoms with Gasteiger partial charge in [-0.15, -0.1) is 0 Å². The summed E-state index contributed by atoms with van der Waals surface area (Å²) in [7, 11) is 0. The molecule has 19 heavy (non-hydrogen) atoms. The van der Waals surface area contributed by atoms with Crippen molar-refractivity contribution in [1.82, 2.24) is 9.97 Å². The zero-order valence-electron chi connectivity index (χ0n) is 9.28. The second kappa shape index (κ2) is 4.97. The van der Waals surface area contributed by atoms with Crippen LogP contribution in [-0.4, -0.2) is 15.8 Å². The summed E-state index contributed by atoms with van der Waals surface area (Å²) in [5, 5.41) is -0.483. The lowest BCUT2D eigenvalue weighted by Gasteiger charge is -2.08. The number of pyridine rings is 2. The van der Waals surface area contributed by atoms with Crippen LogP contribution in [0.5, 0.6) is 0 Å². The van der Waals surface area contributed by atoms with E-state index in [0.29, 0.717) is 0 Å². The van der Waals surface area contributed by atoms with Crippen molar-refractivity contribution in [2.24, 2.45) is 0 Å². The topological polar surface area (TPSA) is 42.9 Å². The molecule has 0 aromatic carbocycles. The van der Waals surface area contributed by atoms with E-state index < -0.39 is 22.8 Å². The fraction of sp³-hybridized carbons (Fsp3) is 0.0833. The molecule has 2 rings (SSSR count). The number of carbonyl (C=O) groups is 1. The lowest BCUT2D eigenvalue weighted by atomic mass is 10.1. The number of halogens is 4. The van der Waals surface area contributed by atoms with Gasteiger partial charge in [-0.1, -0.05) is 11.6 Å². The molecule has 0 amide bonds. The van der Waals surface area contributed by atoms with E-state index in [1.54, 1.807) is 6.07 Å². The van der Waals surface area contributed by atoms with Gasteiger partial charge in [-0.2, -0.15) is 13.2 Å². The fourth-order valence-corrected chi connectivity index (χ4v) is 1.65. The molecule has 0 atom stereocenters. The van der Waals surface area contributed by atoms with E-state index in [-0.39, 0.29) is 11.1 Å². The summed E-state index contributed by atoms with van der Waals surface area (Å²) in [6.45, 7) is 0. The molecule has 0 aliphatic heterocycles. The third kappa shape index (κ3) is 2.90. The molecule has 0 radical (unpaired) electrons. The van der Waals surface area contributed by atoms with Crippen molar-refractivity contribution < 1.29 is 18.0 Å². The summed E-state index contributed by atoms with van der Waals surface area (Å²) in [6.07, 6.45) is -1.82. The molecular weight excluding hydrogens is 281 g/mol. The zero-order valence-corrected chi connectivity index (χ0v) is 10.0. The summed E-state index contributed by atoms with van der Waals surface area (Å²) >= 11 is 5.63. The van der Waals surface area contributed by atoms with Gasteiger partial charge < -0.3 is 0 Å². The second-order valence-electron chi connectivity index (χ2n) is 3.60. The molecule has 3 nitrogen and oxygen atoms in total. The van der Waals surface area contributed by atoms with E-state index in [4.69, 9.17) is 11.6 Å². The first-order chi connectivity index (χ1) is 8.89. The number of aromatic nitrogens is 2. The van der Waals surface area contributed by atoms with Crippen LogP contribution >= 0.6 is 11.6 Å². The van der Waals surface area contributed by atoms with Gasteiger partial charge in [0.1, 0.15) is 10.8 Å². The summed E-state index contributed by atoms with van der Waals surface area (Å²) < 4.78 is 37.2. The SMILES string of the molecule is O=C(c1cccnc1)c1ccc(C(F)(F)F)nc1Cl. The average molecular weight is 287 g/mol. The van der Waals surface area contributed by atoms with Crippen molar-refractivity contribution in [3.8, 4) is 0 Å². The lowest BCUT2D eigenvalue weighted by molar-refractivity contribution is -0.141. The molecule has 0 aliphatic carbocycles. The maximum Gasteiger partial charge on any atom is 0.433 e. The van der Waals surface area contributed by atoms with Gasteiger partial charge in [-0.25, -0.2) is 4.98 Å². The highest BCUT2D eigenvalue weighted by atomic mass is 35.5. The maximum absolute atomic E-state index is 12.4. The Kier molecular flexibility index (Phi) is 3.53. The first-order valence-corrected chi connectivity index (χ1v) is 5.46. The Bertz CT molecular complexity index is 614. The van der Waals surface area contributed by atoms with Crippen LogP contribution in [0.3, 0.4) is 0 Å². The van der Waals surface area contributed by atoms with Gasteiger partial charge in [0, 0.05) is 18.0 Å². The van der Waals surface area contributed by atoms with E-state index in [2.05, 4.69) is 9.97 Å². The average Bonchev–Trinajstić information content (AvgIpc) is 2.38. The molecule has 0 unspecified atom stereocenters. The highest BCUT2D eigenvalue weighted by molar-refractivity contribution is 6.33. The molecule has 98 valence electrons. The molecule has 0 saturated heterocycles. The van der Waals surface area contributed by atoms with Gasteiger partial charge in [0.2, 0.25) is 0 Å². The predicted molar refractivity (Wildman–Crippen MR) is 61.9 cm³/mol. The number of rotatable bonds is 2. The number of hydrogen-bond acceptors (Lipinski definition) is 3. The monoisotopic (exact) mass is 286 g/mol. The van der Waals surface area contributed by atoms with Crippen molar-refractivity contribution in [3.63, 3.8) is 0 Å². The molecule has 0 saturated carbocycles. The van der Waals surface area contributed by atoms with Crippen LogP contribution in [0.1, 0.15) is 21.6 Å². The quantitative estimate of drug-likeness (QED) is 0.628. The molecule has 7 heteroatoms. The van der Waals surface area contributed by atoms with E-state index in [9.17, 15) is 18.0 Å². The molecule has 0 fully saturated rings. The number of carbonyl (C=O) groups excluding carboxylic acids is 1. The third-order valence-corrected chi connectivity index (χ3v) is 2.60. The largest absolute Gasteiger partial charge is 0.433 e. The van der Waals surface area contributed by atoms with Crippen molar-refractivity contribution >= 4 is 17.4 Å². The van der Waals surface area contributed by atoms with Crippen LogP contribution in [0, 0.1) is 0 Å². The zero-order chi connectivity index (χ0) is 14.0. The standard InChI is InChI=1S/C12H6ClF3N2O/c13-11-8(3-4-9(18-11)12(14,15)16)10(19)7-2-1-5-17-6-7/h1-6H. The van der Waals surface area contributed by atoms with Gasteiger partial charge in [0.25, 0.3) is 0 Å². The number of nitrogens with zero attached hydrogens (tertiary/aromatic N) is 2. The van der Waals surface area contributed by atoms with E-state index in [1.165, 1.54) is 18.5 Å². The van der Waals surface area contributed by atoms with Crippen LogP contribution in [-0.2, 0) is 6.18 Å². The normalized spacial score (nSPS) is 11.4. The van der Waals surface area contributed by atoms with Gasteiger partial charge in [0.15, 0.2) is 5.78 Å². The Morgan fingerprint density at radius 1 is 1.21 bits per heavy atom. The van der Waals surface area contributed by atoms with E-state index in [1.807, 2.05) is 0 Å². The van der Waals surface area contributed by atoms with Crippen LogP contribution in [0.25, 0.3) is 0 Å². The predicted octanol–water partition coefficient (Wildman–Crippen LogP) is 3.38. The minimum Gasteiger partial charge on any atom is -0.288 e. The Labute approximate surface area is 111 Å². The highest BCUT2D eigenvalue weighted by Crippen LogP contribution is 2.29. The van der Waals surface area contributed by atoms with E-state index >= 15 is 0 Å². The van der Waals surface area contributed by atoms with Gasteiger partial charge in [-0.3, -0.25) is 9.78 Å². The van der Waals surface area contributed by atoms with Crippen LogP contribution < -0.4 is 0 Å². The minimum atomic E-state index is -4.60. The van der Waals surface area contributed by atoms with Crippen LogP contribution in [0.15, 0.2) is 36.7 Å². The Hall–Kier alpha value is -1.95. The van der Waals surface area contributed by atoms with Crippen molar-refractivity contribution in [3.05, 3.63) is 58.6 Å². The summed E-state index contributed by atoms with van der Waals surface area (Å²) in [5.41, 5.74) is -1.01. The molecule has 0 bridgehead atoms. The fourth-order valence-electron chi connectivity index (χ4n) is 1.41. The number of ketones is 1. The maximum atomic E-state index is 12.4. The van der Waals surface area contributed by atoms with Crippen molar-refractivity contribution in [2.45, 2.75) is 6.18 Å². The molecule has 2 aromatic heterocycles. The van der Waals surface area contributed by atoms with Gasteiger partial charge in [0.05, 0.1) is 5.56 Å². The van der Waals surface area contributed by atoms with Crippen molar-refractivity contribution in [1.29, 1.82) is 0 Å². The van der Waals surface area contributed by atoms with Gasteiger partial charge in [-0.05, 0) is 24.3 Å². The first kappa shape index (κ1) is 13.5. The Morgan fingerprint density at radius 3 is 2.47 bits per heavy atom. The molecular formula is C12H6ClF3N2O. The molecule has 2 aromatic rings. The lowest BCUT2D eigenvalue weighted by Crippen LogP contribution is -2.11. The number of alkyl halides is 3. The molecule has 0 aliphatic rings. The van der Waals surface area contributed by atoms with Crippen molar-refractivity contribution in [2.75, 3.05) is 0 Å². The summed E-state index contributed by atoms with van der Waals surface area (Å²) in [5.74, 6) is -0.528. The minimum absolute atomic E-state index is 0.0948. The van der Waals surface area contributed by atoms with Gasteiger partial charge >= 0.3 is 6.18 Å². The first-order valence-electron chi connectivity index (χ1n) is 5.08. The summed E-state index contributed by atoms with van der Waals surface area (Å²) in [6, 6.07) is 4.75. The third-order valence-electron chi connectivity index (χ3n) is 2.31. The van der Waals surface area contributed by atoms with E-state index in [0.717, 1.165) is 12.1 Å². The van der Waals surface area contributed by atoms with Crippen LogP contribution in [0.4, 0.5) is 13.2 Å². The smallest absolute Gasteiger partial charge is 0.288 e. The summed E-state index contributed by atoms with van der Waals surface area (Å²) in [4.78, 5) is 18.9. The second-order valence-corrected chi connectivity index (χ2v) is 3.96. The number of hydrogen-bond donors (Lipinski definition) is 0. The van der Waals surface area contributed by atoms with Crippen LogP contribution in [0.2, 0.25) is 5.15 Å². The highest BCUT2D eigenvalue weighted by Gasteiger charge is 2.33. The Balaban J connectivity index is 2.40. The molecule has 0 spiro atoms. The molecule has 2 heterocycles. The Morgan fingerprint density at radius 2 is 1.95 bits per heavy atom. The molecule has 0 N–H and O–H groups in total.